The van der Waals surface area contributed by atoms with Gasteiger partial charge in [0, 0.05) is 6.07 Å². The van der Waals surface area contributed by atoms with Crippen LogP contribution in [0.5, 0.6) is 5.75 Å². The molecule has 1 heterocycles. The van der Waals surface area contributed by atoms with E-state index in [4.69, 9.17) is 4.42 Å². The lowest BCUT2D eigenvalue weighted by Crippen LogP contribution is -2.13. The van der Waals surface area contributed by atoms with E-state index in [9.17, 15) is 14.7 Å². The monoisotopic (exact) mass is 260 g/mol. The Morgan fingerprint density at radius 2 is 2.26 bits per heavy atom. The minimum Gasteiger partial charge on any atom is -0.507 e. The summed E-state index contributed by atoms with van der Waals surface area (Å²) >= 11 is 0. The average molecular weight is 260 g/mol. The van der Waals surface area contributed by atoms with E-state index >= 15 is 0 Å². The number of ketones is 1. The van der Waals surface area contributed by atoms with Crippen molar-refractivity contribution < 1.29 is 14.3 Å². The number of allylic oxidation sites excluding steroid dienone is 4. The second kappa shape index (κ2) is 5.69. The van der Waals surface area contributed by atoms with Crippen LogP contribution in [0.3, 0.4) is 0 Å². The Hall–Kier alpha value is -2.10. The summed E-state index contributed by atoms with van der Waals surface area (Å²) in [5.74, 6) is -0.248. The minimum absolute atomic E-state index is 0.278. The summed E-state index contributed by atoms with van der Waals surface area (Å²) in [4.78, 5) is 23.5. The van der Waals surface area contributed by atoms with Crippen LogP contribution in [0, 0.1) is 12.8 Å². The lowest BCUT2D eigenvalue weighted by Gasteiger charge is -2.12. The first-order chi connectivity index (χ1) is 9.08. The molecule has 0 spiro atoms. The molecule has 0 aliphatic heterocycles. The highest BCUT2D eigenvalue weighted by atomic mass is 16.4. The molecule has 0 amide bonds. The van der Waals surface area contributed by atoms with Gasteiger partial charge in [-0.15, -0.1) is 0 Å². The molecule has 0 radical (unpaired) electrons. The SMILES string of the molecule is Cc1cc(O)c(C(=O)/C=C/C2CC=CCC2)c(=O)o1. The summed E-state index contributed by atoms with van der Waals surface area (Å²) in [7, 11) is 0. The molecule has 4 heteroatoms. The normalized spacial score (nSPS) is 18.9. The van der Waals surface area contributed by atoms with E-state index in [1.165, 1.54) is 12.1 Å². The Kier molecular flexibility index (Phi) is 4.00. The molecule has 1 unspecified atom stereocenters. The Morgan fingerprint density at radius 3 is 2.89 bits per heavy atom. The summed E-state index contributed by atoms with van der Waals surface area (Å²) in [6, 6.07) is 1.27. The zero-order valence-corrected chi connectivity index (χ0v) is 10.8. The fraction of sp³-hybridized carbons (Fsp3) is 0.333. The molecular weight excluding hydrogens is 244 g/mol. The molecule has 0 fully saturated rings. The fourth-order valence-electron chi connectivity index (χ4n) is 2.12. The maximum absolute atomic E-state index is 11.9. The van der Waals surface area contributed by atoms with Gasteiger partial charge in [-0.25, -0.2) is 4.79 Å². The highest BCUT2D eigenvalue weighted by Crippen LogP contribution is 2.20. The van der Waals surface area contributed by atoms with E-state index in [0.29, 0.717) is 5.92 Å². The van der Waals surface area contributed by atoms with Crippen LogP contribution in [0.25, 0.3) is 0 Å². The van der Waals surface area contributed by atoms with Gasteiger partial charge in [-0.3, -0.25) is 4.79 Å². The molecule has 1 aliphatic rings. The largest absolute Gasteiger partial charge is 0.507 e. The van der Waals surface area contributed by atoms with Gasteiger partial charge < -0.3 is 9.52 Å². The first-order valence-electron chi connectivity index (χ1n) is 6.29. The molecule has 0 saturated carbocycles. The molecule has 1 N–H and O–H groups in total. The van der Waals surface area contributed by atoms with Gasteiger partial charge in [-0.2, -0.15) is 0 Å². The van der Waals surface area contributed by atoms with Crippen molar-refractivity contribution in [2.45, 2.75) is 26.2 Å². The van der Waals surface area contributed by atoms with E-state index < -0.39 is 11.4 Å². The van der Waals surface area contributed by atoms with Crippen molar-refractivity contribution in [3.8, 4) is 5.75 Å². The number of hydrogen-bond donors (Lipinski definition) is 1. The Labute approximate surface area is 111 Å². The third-order valence-corrected chi connectivity index (χ3v) is 3.13. The molecule has 19 heavy (non-hydrogen) atoms. The predicted molar refractivity (Wildman–Crippen MR) is 71.3 cm³/mol. The van der Waals surface area contributed by atoms with Crippen LogP contribution < -0.4 is 5.63 Å². The highest BCUT2D eigenvalue weighted by molar-refractivity contribution is 6.06. The number of carbonyl (C=O) groups is 1. The molecule has 1 aromatic heterocycles. The van der Waals surface area contributed by atoms with Gasteiger partial charge in [0.15, 0.2) is 5.78 Å². The molecule has 100 valence electrons. The number of aryl methyl sites for hydroxylation is 1. The van der Waals surface area contributed by atoms with Gasteiger partial charge in [-0.1, -0.05) is 18.2 Å². The van der Waals surface area contributed by atoms with Crippen molar-refractivity contribution >= 4 is 5.78 Å². The molecule has 1 aliphatic carbocycles. The van der Waals surface area contributed by atoms with Gasteiger partial charge >= 0.3 is 5.63 Å². The highest BCUT2D eigenvalue weighted by Gasteiger charge is 2.16. The van der Waals surface area contributed by atoms with E-state index in [0.717, 1.165) is 19.3 Å². The van der Waals surface area contributed by atoms with Crippen LogP contribution in [0.1, 0.15) is 35.4 Å². The van der Waals surface area contributed by atoms with Crippen LogP contribution in [0.4, 0.5) is 0 Å². The summed E-state index contributed by atoms with van der Waals surface area (Å²) in [5, 5.41) is 9.65. The first-order valence-corrected chi connectivity index (χ1v) is 6.29. The number of hydrogen-bond acceptors (Lipinski definition) is 4. The predicted octanol–water partition coefficient (Wildman–Crippen LogP) is 2.75. The number of aromatic hydroxyl groups is 1. The van der Waals surface area contributed by atoms with Gasteiger partial charge in [0.25, 0.3) is 0 Å². The van der Waals surface area contributed by atoms with Crippen LogP contribution in [0.2, 0.25) is 0 Å². The standard InChI is InChI=1S/C15H16O4/c1-10-9-13(17)14(15(18)19-10)12(16)8-7-11-5-3-2-4-6-11/h2-3,7-9,11,17H,4-6H2,1H3/b8-7+. The van der Waals surface area contributed by atoms with Crippen LogP contribution in [0.15, 0.2) is 39.6 Å². The van der Waals surface area contributed by atoms with Crippen molar-refractivity contribution in [1.29, 1.82) is 0 Å². The minimum atomic E-state index is -0.796. The van der Waals surface area contributed by atoms with Gasteiger partial charge in [-0.05, 0) is 38.2 Å². The Balaban J connectivity index is 2.18. The smallest absolute Gasteiger partial charge is 0.351 e. The van der Waals surface area contributed by atoms with Crippen LogP contribution in [-0.4, -0.2) is 10.9 Å². The quantitative estimate of drug-likeness (QED) is 0.515. The van der Waals surface area contributed by atoms with Crippen molar-refractivity contribution in [2.75, 3.05) is 0 Å². The lowest BCUT2D eigenvalue weighted by molar-refractivity contribution is 0.103. The molecule has 0 bridgehead atoms. The maximum Gasteiger partial charge on any atom is 0.351 e. The Morgan fingerprint density at radius 1 is 1.47 bits per heavy atom. The topological polar surface area (TPSA) is 67.5 Å². The molecular formula is C15H16O4. The number of carbonyl (C=O) groups excluding carboxylic acids is 1. The second-order valence-electron chi connectivity index (χ2n) is 4.67. The molecule has 1 aromatic rings. The van der Waals surface area contributed by atoms with Crippen molar-refractivity contribution in [2.24, 2.45) is 5.92 Å². The molecule has 4 nitrogen and oxygen atoms in total. The molecule has 2 rings (SSSR count). The zero-order valence-electron chi connectivity index (χ0n) is 10.8. The van der Waals surface area contributed by atoms with Crippen LogP contribution in [-0.2, 0) is 0 Å². The lowest BCUT2D eigenvalue weighted by atomic mass is 9.93. The van der Waals surface area contributed by atoms with E-state index in [1.54, 1.807) is 13.0 Å². The summed E-state index contributed by atoms with van der Waals surface area (Å²) in [5.41, 5.74) is -1.09. The van der Waals surface area contributed by atoms with Gasteiger partial charge in [0.2, 0.25) is 0 Å². The van der Waals surface area contributed by atoms with Crippen molar-refractivity contribution in [3.63, 3.8) is 0 Å². The van der Waals surface area contributed by atoms with E-state index in [-0.39, 0.29) is 17.1 Å². The third kappa shape index (κ3) is 3.22. The first kappa shape index (κ1) is 13.3. The zero-order chi connectivity index (χ0) is 13.8. The molecule has 0 saturated heterocycles. The third-order valence-electron chi connectivity index (χ3n) is 3.13. The maximum atomic E-state index is 11.9. The van der Waals surface area contributed by atoms with Gasteiger partial charge in [0.1, 0.15) is 17.1 Å². The number of rotatable bonds is 3. The summed E-state index contributed by atoms with van der Waals surface area (Å²) < 4.78 is 4.82. The van der Waals surface area contributed by atoms with E-state index in [2.05, 4.69) is 12.2 Å². The summed E-state index contributed by atoms with van der Waals surface area (Å²) in [6.45, 7) is 1.54. The summed E-state index contributed by atoms with van der Waals surface area (Å²) in [6.07, 6.45) is 10.2. The second-order valence-corrected chi connectivity index (χ2v) is 4.67. The molecule has 1 atom stereocenters. The Bertz CT molecular complexity index is 593. The van der Waals surface area contributed by atoms with Crippen molar-refractivity contribution in [1.82, 2.24) is 0 Å². The van der Waals surface area contributed by atoms with Crippen molar-refractivity contribution in [3.05, 3.63) is 52.1 Å². The average Bonchev–Trinajstić information content (AvgIpc) is 2.36. The molecule has 0 aromatic carbocycles. The van der Waals surface area contributed by atoms with E-state index in [1.807, 2.05) is 0 Å². The van der Waals surface area contributed by atoms with Gasteiger partial charge in [0.05, 0.1) is 0 Å². The van der Waals surface area contributed by atoms with Crippen LogP contribution >= 0.6 is 0 Å². The fourth-order valence-corrected chi connectivity index (χ4v) is 2.12.